The Hall–Kier alpha value is -2.03. The van der Waals surface area contributed by atoms with E-state index in [-0.39, 0.29) is 17.3 Å². The standard InChI is InChI=1S/C13H11N3O3S2/c17-8-11-13(9-4-1-2-5-10(9)20-11)21(18,19)16-12-6-3-7-14-15-12/h1-7,17H,8H2,(H,15,16). The second kappa shape index (κ2) is 5.40. The summed E-state index contributed by atoms with van der Waals surface area (Å²) in [4.78, 5) is 0.490. The molecular formula is C13H11N3O3S2. The molecule has 8 heteroatoms. The molecular weight excluding hydrogens is 310 g/mol. The number of fused-ring (bicyclic) bond motifs is 1. The van der Waals surface area contributed by atoms with E-state index in [0.717, 1.165) is 4.70 Å². The van der Waals surface area contributed by atoms with Gasteiger partial charge in [-0.25, -0.2) is 8.42 Å². The number of benzene rings is 1. The SMILES string of the molecule is O=S(=O)(Nc1cccnn1)c1c(CO)sc2ccccc12. The molecule has 0 aliphatic rings. The van der Waals surface area contributed by atoms with E-state index in [1.165, 1.54) is 23.6 Å². The second-order valence-corrected chi connectivity index (χ2v) is 6.98. The van der Waals surface area contributed by atoms with E-state index in [4.69, 9.17) is 0 Å². The Morgan fingerprint density at radius 3 is 2.71 bits per heavy atom. The average Bonchev–Trinajstić information content (AvgIpc) is 2.87. The lowest BCUT2D eigenvalue weighted by Gasteiger charge is -2.07. The van der Waals surface area contributed by atoms with Gasteiger partial charge in [0.25, 0.3) is 10.0 Å². The highest BCUT2D eigenvalue weighted by molar-refractivity contribution is 7.93. The molecule has 0 bridgehead atoms. The first-order valence-electron chi connectivity index (χ1n) is 6.03. The van der Waals surface area contributed by atoms with Crippen LogP contribution in [0.1, 0.15) is 4.88 Å². The number of anilines is 1. The van der Waals surface area contributed by atoms with Crippen LogP contribution in [0.3, 0.4) is 0 Å². The third-order valence-electron chi connectivity index (χ3n) is 2.84. The topological polar surface area (TPSA) is 92.2 Å². The molecule has 0 radical (unpaired) electrons. The van der Waals surface area contributed by atoms with Gasteiger partial charge in [-0.15, -0.1) is 16.4 Å². The van der Waals surface area contributed by atoms with Gasteiger partial charge in [0, 0.05) is 16.3 Å². The van der Waals surface area contributed by atoms with E-state index in [1.54, 1.807) is 18.2 Å². The van der Waals surface area contributed by atoms with Crippen molar-refractivity contribution in [2.75, 3.05) is 4.72 Å². The summed E-state index contributed by atoms with van der Waals surface area (Å²) < 4.78 is 28.3. The third-order valence-corrected chi connectivity index (χ3v) is 5.61. The van der Waals surface area contributed by atoms with Gasteiger partial charge >= 0.3 is 0 Å². The van der Waals surface area contributed by atoms with Crippen molar-refractivity contribution in [3.05, 3.63) is 47.5 Å². The number of sulfonamides is 1. The molecule has 3 rings (SSSR count). The van der Waals surface area contributed by atoms with Crippen LogP contribution in [-0.2, 0) is 16.6 Å². The molecule has 0 fully saturated rings. The number of nitrogens with one attached hydrogen (secondary N) is 1. The van der Waals surface area contributed by atoms with Crippen molar-refractivity contribution in [1.82, 2.24) is 10.2 Å². The van der Waals surface area contributed by atoms with Crippen LogP contribution in [-0.4, -0.2) is 23.7 Å². The first-order chi connectivity index (χ1) is 10.1. The summed E-state index contributed by atoms with van der Waals surface area (Å²) in [5.41, 5.74) is 0. The van der Waals surface area contributed by atoms with Gasteiger partial charge in [-0.2, -0.15) is 5.10 Å². The lowest BCUT2D eigenvalue weighted by molar-refractivity contribution is 0.283. The molecule has 21 heavy (non-hydrogen) atoms. The number of aliphatic hydroxyl groups excluding tert-OH is 1. The van der Waals surface area contributed by atoms with E-state index in [9.17, 15) is 13.5 Å². The fourth-order valence-corrected chi connectivity index (χ4v) is 4.81. The van der Waals surface area contributed by atoms with E-state index in [0.29, 0.717) is 10.3 Å². The van der Waals surface area contributed by atoms with Crippen molar-refractivity contribution in [2.45, 2.75) is 11.5 Å². The number of hydrogen-bond donors (Lipinski definition) is 2. The van der Waals surface area contributed by atoms with Crippen molar-refractivity contribution in [3.63, 3.8) is 0 Å². The molecule has 2 N–H and O–H groups in total. The lowest BCUT2D eigenvalue weighted by Crippen LogP contribution is -2.15. The molecule has 0 unspecified atom stereocenters. The highest BCUT2D eigenvalue weighted by Crippen LogP contribution is 2.35. The summed E-state index contributed by atoms with van der Waals surface area (Å²) in [5, 5.41) is 17.4. The highest BCUT2D eigenvalue weighted by atomic mass is 32.2. The van der Waals surface area contributed by atoms with Crippen LogP contribution >= 0.6 is 11.3 Å². The van der Waals surface area contributed by atoms with Crippen LogP contribution < -0.4 is 4.72 Å². The van der Waals surface area contributed by atoms with Gasteiger partial charge in [0.15, 0.2) is 5.82 Å². The molecule has 2 heterocycles. The fourth-order valence-electron chi connectivity index (χ4n) is 2.02. The minimum atomic E-state index is -3.84. The van der Waals surface area contributed by atoms with Crippen molar-refractivity contribution >= 4 is 37.3 Å². The predicted molar refractivity (Wildman–Crippen MR) is 80.6 cm³/mol. The molecule has 0 saturated carbocycles. The van der Waals surface area contributed by atoms with E-state index >= 15 is 0 Å². The maximum atomic E-state index is 12.6. The summed E-state index contributed by atoms with van der Waals surface area (Å²) in [5.74, 6) is 0.136. The Balaban J connectivity index is 2.14. The summed E-state index contributed by atoms with van der Waals surface area (Å²) in [6, 6.07) is 10.2. The van der Waals surface area contributed by atoms with Crippen LogP contribution in [0.25, 0.3) is 10.1 Å². The number of aromatic nitrogens is 2. The zero-order valence-electron chi connectivity index (χ0n) is 10.7. The summed E-state index contributed by atoms with van der Waals surface area (Å²) in [6.45, 7) is -0.337. The Kier molecular flexibility index (Phi) is 3.58. The quantitative estimate of drug-likeness (QED) is 0.766. The number of thiophene rings is 1. The van der Waals surface area contributed by atoms with E-state index < -0.39 is 10.0 Å². The van der Waals surface area contributed by atoms with Crippen LogP contribution in [0.4, 0.5) is 5.82 Å². The number of nitrogens with zero attached hydrogens (tertiary/aromatic N) is 2. The van der Waals surface area contributed by atoms with Crippen molar-refractivity contribution < 1.29 is 13.5 Å². The molecule has 1 aromatic carbocycles. The van der Waals surface area contributed by atoms with E-state index in [2.05, 4.69) is 14.9 Å². The number of aliphatic hydroxyl groups is 1. The minimum absolute atomic E-state index is 0.0938. The Bertz CT molecular complexity index is 876. The van der Waals surface area contributed by atoms with Gasteiger partial charge in [-0.05, 0) is 18.2 Å². The lowest BCUT2D eigenvalue weighted by atomic mass is 10.2. The molecule has 0 atom stereocenters. The van der Waals surface area contributed by atoms with Crippen LogP contribution in [0.2, 0.25) is 0 Å². The maximum absolute atomic E-state index is 12.6. The number of hydrogen-bond acceptors (Lipinski definition) is 6. The molecule has 0 saturated heterocycles. The molecule has 0 aliphatic heterocycles. The second-order valence-electron chi connectivity index (χ2n) is 4.22. The summed E-state index contributed by atoms with van der Waals surface area (Å²) in [7, 11) is -3.84. The number of rotatable bonds is 4. The molecule has 2 aromatic heterocycles. The smallest absolute Gasteiger partial charge is 0.264 e. The largest absolute Gasteiger partial charge is 0.391 e. The molecule has 6 nitrogen and oxygen atoms in total. The predicted octanol–water partition coefficient (Wildman–Crippen LogP) is 1.98. The van der Waals surface area contributed by atoms with E-state index in [1.807, 2.05) is 12.1 Å². The Morgan fingerprint density at radius 1 is 1.19 bits per heavy atom. The van der Waals surface area contributed by atoms with Crippen molar-refractivity contribution in [3.8, 4) is 0 Å². The van der Waals surface area contributed by atoms with Crippen LogP contribution in [0.5, 0.6) is 0 Å². The normalized spacial score (nSPS) is 11.7. The van der Waals surface area contributed by atoms with Crippen molar-refractivity contribution in [2.24, 2.45) is 0 Å². The third kappa shape index (κ3) is 2.60. The molecule has 0 aliphatic carbocycles. The Labute approximate surface area is 125 Å². The van der Waals surface area contributed by atoms with Gasteiger partial charge in [-0.3, -0.25) is 4.72 Å². The van der Waals surface area contributed by atoms with Gasteiger partial charge < -0.3 is 5.11 Å². The summed E-state index contributed by atoms with van der Waals surface area (Å²) in [6.07, 6.45) is 1.46. The average molecular weight is 321 g/mol. The first kappa shape index (κ1) is 13.9. The minimum Gasteiger partial charge on any atom is -0.391 e. The van der Waals surface area contributed by atoms with Gasteiger partial charge in [0.1, 0.15) is 4.90 Å². The monoisotopic (exact) mass is 321 g/mol. The molecule has 0 spiro atoms. The van der Waals surface area contributed by atoms with Gasteiger partial charge in [0.2, 0.25) is 0 Å². The Morgan fingerprint density at radius 2 is 2.00 bits per heavy atom. The van der Waals surface area contributed by atoms with Gasteiger partial charge in [0.05, 0.1) is 11.5 Å². The maximum Gasteiger partial charge on any atom is 0.264 e. The van der Waals surface area contributed by atoms with Crippen molar-refractivity contribution in [1.29, 1.82) is 0 Å². The van der Waals surface area contributed by atoms with Crippen LogP contribution in [0.15, 0.2) is 47.5 Å². The summed E-state index contributed by atoms with van der Waals surface area (Å²) >= 11 is 1.26. The molecule has 0 amide bonds. The van der Waals surface area contributed by atoms with Gasteiger partial charge in [-0.1, -0.05) is 18.2 Å². The molecule has 3 aromatic rings. The molecule has 108 valence electrons. The fraction of sp³-hybridized carbons (Fsp3) is 0.0769. The first-order valence-corrected chi connectivity index (χ1v) is 8.33. The zero-order valence-corrected chi connectivity index (χ0v) is 12.4. The highest BCUT2D eigenvalue weighted by Gasteiger charge is 2.24. The van der Waals surface area contributed by atoms with Crippen LogP contribution in [0, 0.1) is 0 Å². The zero-order chi connectivity index (χ0) is 14.9.